The van der Waals surface area contributed by atoms with E-state index < -0.39 is 0 Å². The lowest BCUT2D eigenvalue weighted by Gasteiger charge is -2.51. The molecule has 142 valence electrons. The van der Waals surface area contributed by atoms with Crippen LogP contribution in [0.5, 0.6) is 5.75 Å². The summed E-state index contributed by atoms with van der Waals surface area (Å²) in [5.74, 6) is 2.95. The third-order valence-corrected chi connectivity index (χ3v) is 6.93. The summed E-state index contributed by atoms with van der Waals surface area (Å²) in [6.07, 6.45) is 4.41. The molecule has 6 rings (SSSR count). The number of ether oxygens (including phenoxy) is 1. The van der Waals surface area contributed by atoms with Crippen molar-refractivity contribution < 1.29 is 4.74 Å². The molecular weight excluding hydrogens is 336 g/mol. The molecule has 4 fully saturated rings. The van der Waals surface area contributed by atoms with E-state index in [1.165, 1.54) is 31.5 Å². The van der Waals surface area contributed by atoms with Gasteiger partial charge in [0.05, 0.1) is 7.11 Å². The van der Waals surface area contributed by atoms with E-state index in [9.17, 15) is 0 Å². The molecule has 0 spiro atoms. The van der Waals surface area contributed by atoms with Crippen molar-refractivity contribution in [3.05, 3.63) is 53.7 Å². The minimum absolute atomic E-state index is 0.479. The molecule has 5 nitrogen and oxygen atoms in total. The molecule has 2 aromatic rings. The van der Waals surface area contributed by atoms with Crippen molar-refractivity contribution in [2.45, 2.75) is 37.4 Å². The zero-order valence-electron chi connectivity index (χ0n) is 15.9. The Morgan fingerprint density at radius 1 is 1.11 bits per heavy atom. The Balaban J connectivity index is 1.51. The number of hydrogen-bond donors (Lipinski definition) is 1. The van der Waals surface area contributed by atoms with Crippen molar-refractivity contribution in [1.82, 2.24) is 14.8 Å². The highest BCUT2D eigenvalue weighted by molar-refractivity contribution is 5.41. The smallest absolute Gasteiger partial charge is 0.127 e. The van der Waals surface area contributed by atoms with Crippen LogP contribution in [0.4, 0.5) is 5.82 Å². The molecule has 3 atom stereocenters. The van der Waals surface area contributed by atoms with Crippen molar-refractivity contribution in [2.24, 2.45) is 5.92 Å². The average molecular weight is 364 g/mol. The first-order valence-corrected chi connectivity index (χ1v) is 10.1. The molecule has 4 aliphatic rings. The molecule has 27 heavy (non-hydrogen) atoms. The van der Waals surface area contributed by atoms with Gasteiger partial charge in [0.25, 0.3) is 0 Å². The van der Waals surface area contributed by atoms with Crippen LogP contribution in [0.25, 0.3) is 0 Å². The second-order valence-electron chi connectivity index (χ2n) is 8.18. The van der Waals surface area contributed by atoms with Gasteiger partial charge in [-0.25, -0.2) is 4.98 Å². The summed E-state index contributed by atoms with van der Waals surface area (Å²) in [5.41, 5.74) is 8.66. The van der Waals surface area contributed by atoms with Crippen LogP contribution in [-0.4, -0.2) is 53.6 Å². The Kier molecular flexibility index (Phi) is 4.29. The van der Waals surface area contributed by atoms with E-state index in [4.69, 9.17) is 10.5 Å². The van der Waals surface area contributed by atoms with Gasteiger partial charge in [-0.1, -0.05) is 24.3 Å². The number of nitrogens with two attached hydrogens (primary N) is 1. The summed E-state index contributed by atoms with van der Waals surface area (Å²) in [6.45, 7) is 4.41. The Morgan fingerprint density at radius 2 is 1.93 bits per heavy atom. The predicted molar refractivity (Wildman–Crippen MR) is 107 cm³/mol. The van der Waals surface area contributed by atoms with Gasteiger partial charge in [-0.3, -0.25) is 9.80 Å². The van der Waals surface area contributed by atoms with Crippen molar-refractivity contribution in [3.8, 4) is 5.75 Å². The largest absolute Gasteiger partial charge is 0.496 e. The minimum Gasteiger partial charge on any atom is -0.496 e. The van der Waals surface area contributed by atoms with Crippen LogP contribution in [0, 0.1) is 5.92 Å². The number of benzene rings is 1. The van der Waals surface area contributed by atoms with Gasteiger partial charge >= 0.3 is 0 Å². The zero-order chi connectivity index (χ0) is 18.4. The number of para-hydroxylation sites is 1. The van der Waals surface area contributed by atoms with E-state index in [0.29, 0.717) is 23.8 Å². The highest BCUT2D eigenvalue weighted by Gasteiger charge is 2.53. The van der Waals surface area contributed by atoms with Crippen LogP contribution in [0.15, 0.2) is 42.6 Å². The fraction of sp³-hybridized carbons (Fsp3) is 0.500. The molecule has 0 radical (unpaired) electrons. The van der Waals surface area contributed by atoms with E-state index in [1.807, 2.05) is 6.07 Å². The fourth-order valence-corrected chi connectivity index (χ4v) is 5.77. The van der Waals surface area contributed by atoms with E-state index in [2.05, 4.69) is 45.1 Å². The number of pyridine rings is 1. The maximum atomic E-state index is 6.17. The molecule has 2 bridgehead atoms. The van der Waals surface area contributed by atoms with Crippen LogP contribution in [-0.2, 0) is 6.54 Å². The highest BCUT2D eigenvalue weighted by Crippen LogP contribution is 2.48. The van der Waals surface area contributed by atoms with E-state index in [1.54, 1.807) is 13.3 Å². The number of likely N-dealkylation sites (tertiary alicyclic amines) is 1. The van der Waals surface area contributed by atoms with Gasteiger partial charge in [0.15, 0.2) is 0 Å². The van der Waals surface area contributed by atoms with E-state index in [0.717, 1.165) is 30.3 Å². The number of nitrogen functional groups attached to an aromatic ring is 1. The lowest BCUT2D eigenvalue weighted by molar-refractivity contribution is -0.00876. The second kappa shape index (κ2) is 6.80. The molecule has 5 heterocycles. The maximum absolute atomic E-state index is 6.17. The summed E-state index contributed by atoms with van der Waals surface area (Å²) in [4.78, 5) is 9.70. The molecule has 4 saturated heterocycles. The first kappa shape index (κ1) is 17.0. The number of piperidine rings is 3. The first-order valence-electron chi connectivity index (χ1n) is 10.1. The quantitative estimate of drug-likeness (QED) is 0.904. The number of hydrogen-bond acceptors (Lipinski definition) is 5. The third-order valence-electron chi connectivity index (χ3n) is 6.93. The minimum atomic E-state index is 0.479. The monoisotopic (exact) mass is 364 g/mol. The van der Waals surface area contributed by atoms with Gasteiger partial charge < -0.3 is 10.5 Å². The number of anilines is 1. The summed E-state index contributed by atoms with van der Waals surface area (Å²) >= 11 is 0. The molecule has 5 heteroatoms. The van der Waals surface area contributed by atoms with Gasteiger partial charge in [0.2, 0.25) is 0 Å². The van der Waals surface area contributed by atoms with Gasteiger partial charge in [0.1, 0.15) is 11.6 Å². The number of nitrogens with zero attached hydrogens (tertiary/aromatic N) is 3. The third kappa shape index (κ3) is 2.80. The van der Waals surface area contributed by atoms with Crippen molar-refractivity contribution >= 4 is 5.82 Å². The van der Waals surface area contributed by atoms with Gasteiger partial charge in [-0.2, -0.15) is 0 Å². The summed E-state index contributed by atoms with van der Waals surface area (Å²) in [7, 11) is 1.78. The highest BCUT2D eigenvalue weighted by atomic mass is 16.5. The topological polar surface area (TPSA) is 54.6 Å². The maximum Gasteiger partial charge on any atom is 0.127 e. The Labute approximate surface area is 161 Å². The lowest BCUT2D eigenvalue weighted by atomic mass is 9.75. The average Bonchev–Trinajstić information content (AvgIpc) is 3.12. The number of aromatic nitrogens is 1. The molecule has 0 amide bonds. The second-order valence-corrected chi connectivity index (χ2v) is 8.18. The zero-order valence-corrected chi connectivity index (χ0v) is 15.9. The van der Waals surface area contributed by atoms with Crippen LogP contribution in [0.1, 0.15) is 29.9 Å². The Morgan fingerprint density at radius 3 is 2.70 bits per heavy atom. The van der Waals surface area contributed by atoms with Gasteiger partial charge in [-0.05, 0) is 44.0 Å². The van der Waals surface area contributed by atoms with Crippen LogP contribution >= 0.6 is 0 Å². The lowest BCUT2D eigenvalue weighted by Crippen LogP contribution is -2.60. The standard InChI is InChI=1S/C22H28N4O/c1-27-19-7-3-2-6-17(19)18-14-26(13-16-5-4-10-24-22(16)23)20-15-8-11-25(12-9-15)21(18)20/h2-7,10,15,18,20-21H,8-9,11-14H2,1H3,(H2,23,24)/t18-,20-,21-/m0/s1. The van der Waals surface area contributed by atoms with Gasteiger partial charge in [-0.15, -0.1) is 0 Å². The molecule has 0 unspecified atom stereocenters. The van der Waals surface area contributed by atoms with E-state index in [-0.39, 0.29) is 0 Å². The molecule has 0 saturated carbocycles. The summed E-state index contributed by atoms with van der Waals surface area (Å²) in [6, 6.07) is 13.9. The fourth-order valence-electron chi connectivity index (χ4n) is 5.77. The van der Waals surface area contributed by atoms with Crippen molar-refractivity contribution in [3.63, 3.8) is 0 Å². The van der Waals surface area contributed by atoms with Crippen LogP contribution in [0.3, 0.4) is 0 Å². The predicted octanol–water partition coefficient (Wildman–Crippen LogP) is 2.73. The Hall–Kier alpha value is -2.11. The van der Waals surface area contributed by atoms with Crippen LogP contribution in [0.2, 0.25) is 0 Å². The molecule has 4 aliphatic heterocycles. The number of methoxy groups -OCH3 is 1. The SMILES string of the molecule is COc1ccccc1[C@@H]1CN(Cc2cccnc2N)[C@H]2C3CCN(CC3)[C@@H]12. The molecule has 1 aromatic carbocycles. The van der Waals surface area contributed by atoms with Crippen molar-refractivity contribution in [2.75, 3.05) is 32.5 Å². The Bertz CT molecular complexity index is 817. The summed E-state index contributed by atoms with van der Waals surface area (Å²) < 4.78 is 5.72. The molecular formula is C22H28N4O. The van der Waals surface area contributed by atoms with Gasteiger partial charge in [0, 0.05) is 48.4 Å². The van der Waals surface area contributed by atoms with Crippen LogP contribution < -0.4 is 10.5 Å². The molecule has 1 aromatic heterocycles. The molecule has 0 aliphatic carbocycles. The number of fused-ring (bicyclic) bond motifs is 2. The number of rotatable bonds is 4. The summed E-state index contributed by atoms with van der Waals surface area (Å²) in [5, 5.41) is 0. The normalized spacial score (nSPS) is 32.4. The molecule has 2 N–H and O–H groups in total. The van der Waals surface area contributed by atoms with E-state index >= 15 is 0 Å². The van der Waals surface area contributed by atoms with Crippen molar-refractivity contribution in [1.29, 1.82) is 0 Å². The first-order chi connectivity index (χ1) is 13.3.